The first kappa shape index (κ1) is 12.5. The summed E-state index contributed by atoms with van der Waals surface area (Å²) in [6.07, 6.45) is -1.14. The molecule has 1 N–H and O–H groups in total. The van der Waals surface area contributed by atoms with Gasteiger partial charge in [0.15, 0.2) is 0 Å². The van der Waals surface area contributed by atoms with Gasteiger partial charge in [-0.25, -0.2) is 4.79 Å². The predicted octanol–water partition coefficient (Wildman–Crippen LogP) is 2.42. The van der Waals surface area contributed by atoms with Crippen LogP contribution in [-0.4, -0.2) is 17.0 Å². The molecule has 16 heavy (non-hydrogen) atoms. The fourth-order valence-corrected chi connectivity index (χ4v) is 1.24. The van der Waals surface area contributed by atoms with Crippen molar-refractivity contribution in [3.8, 4) is 0 Å². The lowest BCUT2D eigenvalue weighted by molar-refractivity contribution is -0.164. The summed E-state index contributed by atoms with van der Waals surface area (Å²) < 4.78 is 4.81. The van der Waals surface area contributed by atoms with Crippen molar-refractivity contribution in [3.05, 3.63) is 34.9 Å². The molecule has 0 spiro atoms. The maximum absolute atomic E-state index is 11.1. The van der Waals surface area contributed by atoms with Crippen LogP contribution in [0.4, 0.5) is 0 Å². The number of hydrogen-bond acceptors (Lipinski definition) is 3. The SMILES string of the molecule is CCC(=O)OC(C(=O)O)c1ccc(Cl)cc1. The molecule has 0 aromatic heterocycles. The third-order valence-corrected chi connectivity index (χ3v) is 2.19. The van der Waals surface area contributed by atoms with Gasteiger partial charge in [0, 0.05) is 17.0 Å². The number of carboxylic acid groups (broad SMARTS) is 1. The monoisotopic (exact) mass is 242 g/mol. The molecular weight excluding hydrogens is 232 g/mol. The average Bonchev–Trinajstić information content (AvgIpc) is 2.26. The van der Waals surface area contributed by atoms with Crippen molar-refractivity contribution >= 4 is 23.5 Å². The Kier molecular flexibility index (Phi) is 4.31. The van der Waals surface area contributed by atoms with Crippen LogP contribution >= 0.6 is 11.6 Å². The molecule has 0 heterocycles. The highest BCUT2D eigenvalue weighted by atomic mass is 35.5. The number of halogens is 1. The summed E-state index contributed by atoms with van der Waals surface area (Å²) >= 11 is 5.67. The Morgan fingerprint density at radius 2 is 1.94 bits per heavy atom. The summed E-state index contributed by atoms with van der Waals surface area (Å²) in [5.41, 5.74) is 0.388. The number of carbonyl (C=O) groups is 2. The minimum absolute atomic E-state index is 0.136. The summed E-state index contributed by atoms with van der Waals surface area (Å²) in [6, 6.07) is 6.13. The van der Waals surface area contributed by atoms with Crippen LogP contribution in [0.3, 0.4) is 0 Å². The first-order chi connectivity index (χ1) is 7.54. The number of ether oxygens (including phenoxy) is 1. The van der Waals surface area contributed by atoms with Gasteiger partial charge in [-0.2, -0.15) is 0 Å². The van der Waals surface area contributed by atoms with E-state index in [1.807, 2.05) is 0 Å². The zero-order chi connectivity index (χ0) is 12.1. The average molecular weight is 243 g/mol. The fraction of sp³-hybridized carbons (Fsp3) is 0.273. The molecule has 0 fully saturated rings. The normalized spacial score (nSPS) is 11.9. The smallest absolute Gasteiger partial charge is 0.349 e. The van der Waals surface area contributed by atoms with Gasteiger partial charge < -0.3 is 9.84 Å². The lowest BCUT2D eigenvalue weighted by atomic mass is 10.1. The Hall–Kier alpha value is -1.55. The molecule has 1 aromatic carbocycles. The van der Waals surface area contributed by atoms with Crippen molar-refractivity contribution in [3.63, 3.8) is 0 Å². The van der Waals surface area contributed by atoms with Crippen molar-refractivity contribution < 1.29 is 19.4 Å². The molecule has 0 saturated carbocycles. The van der Waals surface area contributed by atoms with Crippen LogP contribution in [0.5, 0.6) is 0 Å². The minimum atomic E-state index is -1.27. The van der Waals surface area contributed by atoms with Crippen LogP contribution in [0.2, 0.25) is 5.02 Å². The highest BCUT2D eigenvalue weighted by molar-refractivity contribution is 6.30. The van der Waals surface area contributed by atoms with Crippen molar-refractivity contribution in [1.82, 2.24) is 0 Å². The van der Waals surface area contributed by atoms with E-state index in [1.165, 1.54) is 12.1 Å². The van der Waals surface area contributed by atoms with Crippen molar-refractivity contribution in [1.29, 1.82) is 0 Å². The molecule has 86 valence electrons. The maximum Gasteiger partial charge on any atom is 0.349 e. The van der Waals surface area contributed by atoms with Crippen LogP contribution in [0.1, 0.15) is 25.0 Å². The number of carboxylic acids is 1. The number of aliphatic carboxylic acids is 1. The molecule has 0 aliphatic rings. The van der Waals surface area contributed by atoms with Gasteiger partial charge in [-0.1, -0.05) is 30.7 Å². The van der Waals surface area contributed by atoms with Crippen LogP contribution < -0.4 is 0 Å². The summed E-state index contributed by atoms with van der Waals surface area (Å²) in [5, 5.41) is 9.43. The molecule has 0 aliphatic heterocycles. The molecule has 0 amide bonds. The van der Waals surface area contributed by atoms with Gasteiger partial charge in [0.1, 0.15) is 0 Å². The zero-order valence-corrected chi connectivity index (χ0v) is 9.40. The topological polar surface area (TPSA) is 63.6 Å². The second-order valence-electron chi connectivity index (χ2n) is 3.11. The number of rotatable bonds is 4. The molecule has 1 aromatic rings. The van der Waals surface area contributed by atoms with E-state index in [9.17, 15) is 9.59 Å². The Balaban J connectivity index is 2.89. The standard InChI is InChI=1S/C11H11ClO4/c1-2-9(13)16-10(11(14)15)7-3-5-8(12)6-4-7/h3-6,10H,2H2,1H3,(H,14,15). The van der Waals surface area contributed by atoms with E-state index < -0.39 is 18.0 Å². The molecule has 4 nitrogen and oxygen atoms in total. The van der Waals surface area contributed by atoms with Gasteiger partial charge >= 0.3 is 11.9 Å². The molecule has 0 saturated heterocycles. The highest BCUT2D eigenvalue weighted by Crippen LogP contribution is 2.20. The third-order valence-electron chi connectivity index (χ3n) is 1.94. The lowest BCUT2D eigenvalue weighted by Crippen LogP contribution is -2.18. The Bertz CT molecular complexity index is 385. The quantitative estimate of drug-likeness (QED) is 0.824. The molecule has 0 bridgehead atoms. The van der Waals surface area contributed by atoms with E-state index in [2.05, 4.69) is 0 Å². The van der Waals surface area contributed by atoms with E-state index in [0.717, 1.165) is 0 Å². The Labute approximate surface area is 97.8 Å². The van der Waals surface area contributed by atoms with Gasteiger partial charge in [-0.05, 0) is 12.1 Å². The molecule has 1 atom stereocenters. The molecule has 1 unspecified atom stereocenters. The second kappa shape index (κ2) is 5.51. The first-order valence-electron chi connectivity index (χ1n) is 4.72. The molecule has 1 rings (SSSR count). The van der Waals surface area contributed by atoms with Gasteiger partial charge in [-0.3, -0.25) is 4.79 Å². The highest BCUT2D eigenvalue weighted by Gasteiger charge is 2.23. The minimum Gasteiger partial charge on any atom is -0.478 e. The predicted molar refractivity (Wildman–Crippen MR) is 58.2 cm³/mol. The van der Waals surface area contributed by atoms with Crippen LogP contribution in [-0.2, 0) is 14.3 Å². The van der Waals surface area contributed by atoms with Crippen molar-refractivity contribution in [2.45, 2.75) is 19.4 Å². The number of hydrogen-bond donors (Lipinski definition) is 1. The van der Waals surface area contributed by atoms with Crippen LogP contribution in [0.25, 0.3) is 0 Å². The largest absolute Gasteiger partial charge is 0.478 e. The van der Waals surface area contributed by atoms with Crippen molar-refractivity contribution in [2.75, 3.05) is 0 Å². The van der Waals surface area contributed by atoms with Gasteiger partial charge in [0.2, 0.25) is 6.10 Å². The summed E-state index contributed by atoms with van der Waals surface area (Å²) in [7, 11) is 0. The lowest BCUT2D eigenvalue weighted by Gasteiger charge is -2.13. The van der Waals surface area contributed by atoms with E-state index in [0.29, 0.717) is 10.6 Å². The molecule has 0 radical (unpaired) electrons. The zero-order valence-electron chi connectivity index (χ0n) is 8.64. The number of carbonyl (C=O) groups excluding carboxylic acids is 1. The fourth-order valence-electron chi connectivity index (χ4n) is 1.11. The van der Waals surface area contributed by atoms with Crippen molar-refractivity contribution in [2.24, 2.45) is 0 Å². The van der Waals surface area contributed by atoms with Gasteiger partial charge in [-0.15, -0.1) is 0 Å². The summed E-state index contributed by atoms with van der Waals surface area (Å²) in [6.45, 7) is 1.60. The first-order valence-corrected chi connectivity index (χ1v) is 5.10. The number of benzene rings is 1. The van der Waals surface area contributed by atoms with E-state index in [4.69, 9.17) is 21.4 Å². The van der Waals surface area contributed by atoms with E-state index in [1.54, 1.807) is 19.1 Å². The molecule has 0 aliphatic carbocycles. The molecule has 5 heteroatoms. The Morgan fingerprint density at radius 1 is 1.38 bits per heavy atom. The van der Waals surface area contributed by atoms with E-state index in [-0.39, 0.29) is 6.42 Å². The van der Waals surface area contributed by atoms with Crippen LogP contribution in [0, 0.1) is 0 Å². The van der Waals surface area contributed by atoms with E-state index >= 15 is 0 Å². The third kappa shape index (κ3) is 3.24. The summed E-state index contributed by atoms with van der Waals surface area (Å²) in [5.74, 6) is -1.76. The second-order valence-corrected chi connectivity index (χ2v) is 3.55. The van der Waals surface area contributed by atoms with Gasteiger partial charge in [0.05, 0.1) is 0 Å². The molecular formula is C11H11ClO4. The summed E-state index contributed by atoms with van der Waals surface area (Å²) in [4.78, 5) is 22.0. The maximum atomic E-state index is 11.1. The van der Waals surface area contributed by atoms with Gasteiger partial charge in [0.25, 0.3) is 0 Å². The Morgan fingerprint density at radius 3 is 2.38 bits per heavy atom. The number of esters is 1. The van der Waals surface area contributed by atoms with Crippen LogP contribution in [0.15, 0.2) is 24.3 Å².